The van der Waals surface area contributed by atoms with Crippen LogP contribution in [-0.2, 0) is 16.0 Å². The maximum Gasteiger partial charge on any atom is 0.158 e. The van der Waals surface area contributed by atoms with Gasteiger partial charge in [-0.25, -0.2) is 0 Å². The molecule has 2 heterocycles. The first kappa shape index (κ1) is 11.7. The molecule has 16 heavy (non-hydrogen) atoms. The molecule has 4 nitrogen and oxygen atoms in total. The van der Waals surface area contributed by atoms with Gasteiger partial charge in [-0.1, -0.05) is 0 Å². The lowest BCUT2D eigenvalue weighted by molar-refractivity contribution is -0.123. The first-order valence-electron chi connectivity index (χ1n) is 5.20. The molecule has 0 aromatic carbocycles. The van der Waals surface area contributed by atoms with E-state index in [1.165, 1.54) is 0 Å². The van der Waals surface area contributed by atoms with Crippen molar-refractivity contribution in [1.82, 2.24) is 10.3 Å². The Morgan fingerprint density at radius 3 is 3.12 bits per heavy atom. The summed E-state index contributed by atoms with van der Waals surface area (Å²) in [6, 6.07) is 3.56. The lowest BCUT2D eigenvalue weighted by Crippen LogP contribution is -2.47. The predicted molar refractivity (Wildman–Crippen MR) is 63.3 cm³/mol. The summed E-state index contributed by atoms with van der Waals surface area (Å²) in [4.78, 5) is 16.0. The summed E-state index contributed by atoms with van der Waals surface area (Å²) in [6.45, 7) is 1.89. The topological polar surface area (TPSA) is 51.2 Å². The second-order valence-electron chi connectivity index (χ2n) is 3.69. The van der Waals surface area contributed by atoms with E-state index in [1.807, 2.05) is 12.1 Å². The van der Waals surface area contributed by atoms with Crippen molar-refractivity contribution in [3.8, 4) is 0 Å². The summed E-state index contributed by atoms with van der Waals surface area (Å²) in [7, 11) is 0. The zero-order valence-electron chi connectivity index (χ0n) is 8.78. The van der Waals surface area contributed by atoms with Crippen molar-refractivity contribution in [2.45, 2.75) is 12.5 Å². The lowest BCUT2D eigenvalue weighted by atomic mass is 10.1. The minimum atomic E-state index is -0.181. The summed E-state index contributed by atoms with van der Waals surface area (Å²) >= 11 is 3.31. The van der Waals surface area contributed by atoms with E-state index in [4.69, 9.17) is 4.74 Å². The van der Waals surface area contributed by atoms with Gasteiger partial charge in [-0.3, -0.25) is 9.78 Å². The molecular weight excluding hydrogens is 272 g/mol. The molecule has 0 saturated carbocycles. The van der Waals surface area contributed by atoms with Gasteiger partial charge in [0.1, 0.15) is 0 Å². The van der Waals surface area contributed by atoms with Crippen LogP contribution in [0, 0.1) is 0 Å². The van der Waals surface area contributed by atoms with Crippen LogP contribution in [0.1, 0.15) is 5.69 Å². The van der Waals surface area contributed by atoms with E-state index in [2.05, 4.69) is 26.2 Å². The van der Waals surface area contributed by atoms with Crippen LogP contribution in [0.25, 0.3) is 0 Å². The molecule has 1 aliphatic heterocycles. The van der Waals surface area contributed by atoms with Crippen molar-refractivity contribution in [1.29, 1.82) is 0 Å². The molecule has 1 N–H and O–H groups in total. The van der Waals surface area contributed by atoms with E-state index in [9.17, 15) is 4.79 Å². The number of pyridine rings is 1. The van der Waals surface area contributed by atoms with Gasteiger partial charge in [0.2, 0.25) is 0 Å². The average molecular weight is 285 g/mol. The molecule has 0 spiro atoms. The molecule has 1 atom stereocenters. The average Bonchev–Trinajstić information content (AvgIpc) is 2.33. The number of carbonyl (C=O) groups is 1. The summed E-state index contributed by atoms with van der Waals surface area (Å²) in [6.07, 6.45) is 2.06. The van der Waals surface area contributed by atoms with E-state index in [0.29, 0.717) is 19.6 Å². The number of rotatable bonds is 3. The largest absolute Gasteiger partial charge is 0.378 e. The van der Waals surface area contributed by atoms with Crippen LogP contribution in [0.2, 0.25) is 0 Å². The normalized spacial score (nSPS) is 20.7. The zero-order chi connectivity index (χ0) is 11.4. The van der Waals surface area contributed by atoms with Crippen molar-refractivity contribution in [3.63, 3.8) is 0 Å². The number of Topliss-reactive ketones (excluding diaryl/α,β-unsaturated/α-hetero) is 1. The highest BCUT2D eigenvalue weighted by Crippen LogP contribution is 2.08. The molecule has 1 aliphatic rings. The fourth-order valence-electron chi connectivity index (χ4n) is 1.58. The fraction of sp³-hybridized carbons (Fsp3) is 0.455. The third kappa shape index (κ3) is 3.10. The van der Waals surface area contributed by atoms with Crippen molar-refractivity contribution < 1.29 is 9.53 Å². The minimum absolute atomic E-state index is 0.134. The molecule has 1 aromatic heterocycles. The highest BCUT2D eigenvalue weighted by molar-refractivity contribution is 9.10. The molecular formula is C11H13BrN2O2. The molecule has 0 aliphatic carbocycles. The van der Waals surface area contributed by atoms with Crippen LogP contribution in [-0.4, -0.2) is 36.6 Å². The van der Waals surface area contributed by atoms with Gasteiger partial charge in [0.25, 0.3) is 0 Å². The SMILES string of the molecule is O=C(Cc1ccc(Br)cn1)C1COCCN1. The Morgan fingerprint density at radius 2 is 2.50 bits per heavy atom. The maximum atomic E-state index is 11.9. The Balaban J connectivity index is 1.93. The lowest BCUT2D eigenvalue weighted by Gasteiger charge is -2.22. The summed E-state index contributed by atoms with van der Waals surface area (Å²) in [5, 5.41) is 3.14. The van der Waals surface area contributed by atoms with E-state index in [0.717, 1.165) is 16.7 Å². The molecule has 1 saturated heterocycles. The van der Waals surface area contributed by atoms with Gasteiger partial charge in [0.05, 0.1) is 25.7 Å². The van der Waals surface area contributed by atoms with Gasteiger partial charge in [-0.15, -0.1) is 0 Å². The van der Waals surface area contributed by atoms with Crippen LogP contribution in [0.4, 0.5) is 0 Å². The van der Waals surface area contributed by atoms with Gasteiger partial charge in [0.15, 0.2) is 5.78 Å². The number of halogens is 1. The third-order valence-electron chi connectivity index (χ3n) is 2.45. The minimum Gasteiger partial charge on any atom is -0.378 e. The van der Waals surface area contributed by atoms with Crippen LogP contribution in [0.15, 0.2) is 22.8 Å². The van der Waals surface area contributed by atoms with Gasteiger partial charge in [0, 0.05) is 22.9 Å². The van der Waals surface area contributed by atoms with Gasteiger partial charge >= 0.3 is 0 Å². The standard InChI is InChI=1S/C11H13BrN2O2/c12-8-1-2-9(14-6-8)5-11(15)10-7-16-4-3-13-10/h1-2,6,10,13H,3-5,7H2. The monoisotopic (exact) mass is 284 g/mol. The third-order valence-corrected chi connectivity index (χ3v) is 2.92. The van der Waals surface area contributed by atoms with E-state index < -0.39 is 0 Å². The number of hydrogen-bond acceptors (Lipinski definition) is 4. The number of carbonyl (C=O) groups excluding carboxylic acids is 1. The summed E-state index contributed by atoms with van der Waals surface area (Å²) in [5.41, 5.74) is 0.792. The van der Waals surface area contributed by atoms with Crippen molar-refractivity contribution >= 4 is 21.7 Å². The van der Waals surface area contributed by atoms with Gasteiger partial charge in [-0.05, 0) is 28.1 Å². The summed E-state index contributed by atoms with van der Waals surface area (Å²) < 4.78 is 6.17. The second-order valence-corrected chi connectivity index (χ2v) is 4.61. The Labute approximate surface area is 103 Å². The van der Waals surface area contributed by atoms with E-state index >= 15 is 0 Å². The molecule has 0 amide bonds. The Bertz CT molecular complexity index is 361. The highest BCUT2D eigenvalue weighted by Gasteiger charge is 2.21. The van der Waals surface area contributed by atoms with Crippen molar-refractivity contribution in [2.24, 2.45) is 0 Å². The van der Waals surface area contributed by atoms with Gasteiger partial charge < -0.3 is 10.1 Å². The fourth-order valence-corrected chi connectivity index (χ4v) is 1.82. The number of morpholine rings is 1. The van der Waals surface area contributed by atoms with Crippen LogP contribution >= 0.6 is 15.9 Å². The summed E-state index contributed by atoms with van der Waals surface area (Å²) in [5.74, 6) is 0.134. The molecule has 86 valence electrons. The molecule has 2 rings (SSSR count). The number of nitrogens with zero attached hydrogens (tertiary/aromatic N) is 1. The number of ketones is 1. The van der Waals surface area contributed by atoms with Crippen molar-refractivity contribution in [3.05, 3.63) is 28.5 Å². The van der Waals surface area contributed by atoms with Crippen molar-refractivity contribution in [2.75, 3.05) is 19.8 Å². The molecule has 1 aromatic rings. The van der Waals surface area contributed by atoms with E-state index in [1.54, 1.807) is 6.20 Å². The number of aromatic nitrogens is 1. The Hall–Kier alpha value is -0.780. The van der Waals surface area contributed by atoms with E-state index in [-0.39, 0.29) is 11.8 Å². The molecule has 0 bridgehead atoms. The number of ether oxygens (including phenoxy) is 1. The first-order chi connectivity index (χ1) is 7.75. The number of hydrogen-bond donors (Lipinski definition) is 1. The quantitative estimate of drug-likeness (QED) is 0.898. The maximum absolute atomic E-state index is 11.9. The molecule has 1 fully saturated rings. The Kier molecular flexibility index (Phi) is 4.04. The number of nitrogens with one attached hydrogen (secondary N) is 1. The molecule has 5 heteroatoms. The second kappa shape index (κ2) is 5.52. The van der Waals surface area contributed by atoms with Crippen LogP contribution in [0.5, 0.6) is 0 Å². The van der Waals surface area contributed by atoms with Gasteiger partial charge in [-0.2, -0.15) is 0 Å². The zero-order valence-corrected chi connectivity index (χ0v) is 10.4. The van der Waals surface area contributed by atoms with Crippen LogP contribution < -0.4 is 5.32 Å². The Morgan fingerprint density at radius 1 is 1.62 bits per heavy atom. The molecule has 0 radical (unpaired) electrons. The predicted octanol–water partition coefficient (Wildman–Crippen LogP) is 0.944. The smallest absolute Gasteiger partial charge is 0.158 e. The molecule has 1 unspecified atom stereocenters. The first-order valence-corrected chi connectivity index (χ1v) is 5.99. The highest BCUT2D eigenvalue weighted by atomic mass is 79.9. The van der Waals surface area contributed by atoms with Crippen LogP contribution in [0.3, 0.4) is 0 Å².